The van der Waals surface area contributed by atoms with E-state index in [1.807, 2.05) is 6.92 Å². The van der Waals surface area contributed by atoms with Crippen LogP contribution in [0.25, 0.3) is 0 Å². The zero-order valence-electron chi connectivity index (χ0n) is 14.1. The molecule has 130 valence electrons. The summed E-state index contributed by atoms with van der Waals surface area (Å²) in [6.07, 6.45) is 3.24. The largest absolute Gasteiger partial charge is 0.336 e. The van der Waals surface area contributed by atoms with E-state index in [1.165, 1.54) is 17.8 Å². The molecular formula is C14H30N4O3S. The number of hydrogen-bond acceptors (Lipinski definition) is 3. The van der Waals surface area contributed by atoms with E-state index >= 15 is 0 Å². The van der Waals surface area contributed by atoms with Gasteiger partial charge in [0.1, 0.15) is 0 Å². The number of amides is 2. The van der Waals surface area contributed by atoms with Crippen molar-refractivity contribution in [3.8, 4) is 0 Å². The summed E-state index contributed by atoms with van der Waals surface area (Å²) in [5, 5.41) is 2.99. The second kappa shape index (κ2) is 8.69. The zero-order valence-corrected chi connectivity index (χ0v) is 14.9. The fraction of sp³-hybridized carbons (Fsp3) is 0.929. The predicted octanol–water partition coefficient (Wildman–Crippen LogP) is 0.993. The maximum Gasteiger partial charge on any atom is 0.317 e. The predicted molar refractivity (Wildman–Crippen MR) is 87.8 cm³/mol. The highest BCUT2D eigenvalue weighted by Gasteiger charge is 2.28. The first-order valence-electron chi connectivity index (χ1n) is 8.00. The minimum Gasteiger partial charge on any atom is -0.336 e. The van der Waals surface area contributed by atoms with Crippen LogP contribution in [-0.4, -0.2) is 62.9 Å². The highest BCUT2D eigenvalue weighted by Crippen LogP contribution is 2.10. The molecule has 1 saturated heterocycles. The quantitative estimate of drug-likeness (QED) is 0.728. The normalized spacial score (nSPS) is 18.5. The molecule has 0 bridgehead atoms. The maximum atomic E-state index is 12.2. The van der Waals surface area contributed by atoms with Crippen LogP contribution < -0.4 is 10.0 Å². The number of rotatable bonds is 7. The van der Waals surface area contributed by atoms with Crippen molar-refractivity contribution in [2.24, 2.45) is 5.92 Å². The van der Waals surface area contributed by atoms with Crippen molar-refractivity contribution in [3.05, 3.63) is 0 Å². The van der Waals surface area contributed by atoms with Crippen molar-refractivity contribution < 1.29 is 13.2 Å². The number of carbonyl (C=O) groups is 1. The number of urea groups is 1. The molecule has 0 aromatic rings. The van der Waals surface area contributed by atoms with Gasteiger partial charge in [0.2, 0.25) is 0 Å². The van der Waals surface area contributed by atoms with Gasteiger partial charge in [-0.3, -0.25) is 0 Å². The van der Waals surface area contributed by atoms with Gasteiger partial charge in [0, 0.05) is 39.3 Å². The van der Waals surface area contributed by atoms with Crippen LogP contribution in [0.1, 0.15) is 40.0 Å². The minimum atomic E-state index is -3.39. The molecule has 0 aromatic carbocycles. The van der Waals surface area contributed by atoms with Gasteiger partial charge in [0.05, 0.1) is 0 Å². The summed E-state index contributed by atoms with van der Waals surface area (Å²) in [5.41, 5.74) is 0. The van der Waals surface area contributed by atoms with Crippen LogP contribution in [0.3, 0.4) is 0 Å². The highest BCUT2D eigenvalue weighted by atomic mass is 32.2. The molecule has 1 rings (SSSR count). The fourth-order valence-corrected chi connectivity index (χ4v) is 3.37. The third-order valence-electron chi connectivity index (χ3n) is 3.91. The van der Waals surface area contributed by atoms with Gasteiger partial charge < -0.3 is 10.2 Å². The van der Waals surface area contributed by atoms with E-state index in [9.17, 15) is 13.2 Å². The third kappa shape index (κ3) is 6.10. The van der Waals surface area contributed by atoms with Gasteiger partial charge in [-0.05, 0) is 19.3 Å². The summed E-state index contributed by atoms with van der Waals surface area (Å²) < 4.78 is 27.0. The van der Waals surface area contributed by atoms with Gasteiger partial charge in [-0.2, -0.15) is 12.7 Å². The molecule has 0 radical (unpaired) electrons. The van der Waals surface area contributed by atoms with Crippen LogP contribution in [0.4, 0.5) is 4.79 Å². The van der Waals surface area contributed by atoms with Gasteiger partial charge in [-0.1, -0.05) is 26.7 Å². The lowest BCUT2D eigenvalue weighted by atomic mass is 10.0. The molecule has 0 spiro atoms. The number of hydrogen-bond donors (Lipinski definition) is 2. The lowest BCUT2D eigenvalue weighted by Crippen LogP contribution is -2.55. The second-order valence-electron chi connectivity index (χ2n) is 6.27. The van der Waals surface area contributed by atoms with Crippen molar-refractivity contribution in [2.45, 2.75) is 46.1 Å². The van der Waals surface area contributed by atoms with Crippen molar-refractivity contribution in [1.82, 2.24) is 19.2 Å². The topological polar surface area (TPSA) is 81.8 Å². The molecule has 1 fully saturated rings. The van der Waals surface area contributed by atoms with Crippen LogP contribution in [-0.2, 0) is 10.2 Å². The van der Waals surface area contributed by atoms with E-state index in [4.69, 9.17) is 0 Å². The van der Waals surface area contributed by atoms with Crippen LogP contribution in [0.2, 0.25) is 0 Å². The molecule has 1 atom stereocenters. The fourth-order valence-electron chi connectivity index (χ4n) is 2.47. The lowest BCUT2D eigenvalue weighted by Gasteiger charge is -2.34. The molecule has 1 unspecified atom stereocenters. The molecule has 0 saturated carbocycles. The van der Waals surface area contributed by atoms with Crippen molar-refractivity contribution in [1.29, 1.82) is 0 Å². The highest BCUT2D eigenvalue weighted by molar-refractivity contribution is 7.87. The Kier molecular flexibility index (Phi) is 7.58. The SMILES string of the molecule is CNS(=O)(=O)N1CCN(C(=O)NC(C)CCCC(C)C)CC1. The van der Waals surface area contributed by atoms with Crippen LogP contribution >= 0.6 is 0 Å². The van der Waals surface area contributed by atoms with Gasteiger partial charge in [-0.25, -0.2) is 9.52 Å². The van der Waals surface area contributed by atoms with E-state index < -0.39 is 10.2 Å². The van der Waals surface area contributed by atoms with Gasteiger partial charge >= 0.3 is 6.03 Å². The van der Waals surface area contributed by atoms with Crippen molar-refractivity contribution in [2.75, 3.05) is 33.2 Å². The maximum absolute atomic E-state index is 12.2. The Bertz CT molecular complexity index is 445. The molecule has 2 amide bonds. The summed E-state index contributed by atoms with van der Waals surface area (Å²) >= 11 is 0. The van der Waals surface area contributed by atoms with E-state index in [0.29, 0.717) is 32.1 Å². The minimum absolute atomic E-state index is 0.0986. The molecular weight excluding hydrogens is 304 g/mol. The Morgan fingerprint density at radius 2 is 1.68 bits per heavy atom. The molecule has 1 aliphatic heterocycles. The molecule has 2 N–H and O–H groups in total. The Hall–Kier alpha value is -0.860. The summed E-state index contributed by atoms with van der Waals surface area (Å²) in [6, 6.07) is 0.0453. The summed E-state index contributed by atoms with van der Waals surface area (Å²) in [6.45, 7) is 7.91. The molecule has 7 nitrogen and oxygen atoms in total. The van der Waals surface area contributed by atoms with Crippen molar-refractivity contribution >= 4 is 16.2 Å². The van der Waals surface area contributed by atoms with Crippen LogP contribution in [0, 0.1) is 5.92 Å². The molecule has 22 heavy (non-hydrogen) atoms. The number of carbonyl (C=O) groups excluding carboxylic acids is 1. The standard InChI is InChI=1S/C14H30N4O3S/c1-12(2)6-5-7-13(3)16-14(19)17-8-10-18(11-9-17)22(20,21)15-4/h12-13,15H,5-11H2,1-4H3,(H,16,19). The number of piperazine rings is 1. The monoisotopic (exact) mass is 334 g/mol. The van der Waals surface area contributed by atoms with Crippen LogP contribution in [0.15, 0.2) is 0 Å². The zero-order chi connectivity index (χ0) is 16.8. The first kappa shape index (κ1) is 19.2. The average Bonchev–Trinajstić information content (AvgIpc) is 2.46. The lowest BCUT2D eigenvalue weighted by molar-refractivity contribution is 0.168. The third-order valence-corrected chi connectivity index (χ3v) is 5.47. The Labute approximate surface area is 134 Å². The van der Waals surface area contributed by atoms with E-state index in [1.54, 1.807) is 4.90 Å². The summed E-state index contributed by atoms with van der Waals surface area (Å²) in [5.74, 6) is 0.685. The molecule has 8 heteroatoms. The molecule has 0 aromatic heterocycles. The van der Waals surface area contributed by atoms with Gasteiger partial charge in [0.15, 0.2) is 0 Å². The van der Waals surface area contributed by atoms with E-state index in [0.717, 1.165) is 12.8 Å². The first-order valence-corrected chi connectivity index (χ1v) is 9.44. The Morgan fingerprint density at radius 1 is 1.09 bits per heavy atom. The van der Waals surface area contributed by atoms with Gasteiger partial charge in [0.25, 0.3) is 10.2 Å². The summed E-state index contributed by atoms with van der Waals surface area (Å²) in [7, 11) is -1.99. The second-order valence-corrected chi connectivity index (χ2v) is 8.15. The Morgan fingerprint density at radius 3 is 2.18 bits per heavy atom. The smallest absolute Gasteiger partial charge is 0.317 e. The first-order chi connectivity index (χ1) is 10.3. The molecule has 0 aliphatic carbocycles. The Balaban J connectivity index is 2.33. The summed E-state index contributed by atoms with van der Waals surface area (Å²) in [4.78, 5) is 13.8. The number of nitrogens with one attached hydrogen (secondary N) is 2. The average molecular weight is 334 g/mol. The molecule has 1 aliphatic rings. The van der Waals surface area contributed by atoms with Gasteiger partial charge in [-0.15, -0.1) is 0 Å². The van der Waals surface area contributed by atoms with E-state index in [-0.39, 0.29) is 12.1 Å². The molecule has 1 heterocycles. The van der Waals surface area contributed by atoms with E-state index in [2.05, 4.69) is 23.9 Å². The van der Waals surface area contributed by atoms with Crippen molar-refractivity contribution in [3.63, 3.8) is 0 Å². The van der Waals surface area contributed by atoms with Crippen LogP contribution in [0.5, 0.6) is 0 Å². The number of nitrogens with zero attached hydrogens (tertiary/aromatic N) is 2.